The smallest absolute Gasteiger partial charge is 0.335 e. The molecule has 0 saturated heterocycles. The van der Waals surface area contributed by atoms with Crippen molar-refractivity contribution in [3.8, 4) is 0 Å². The van der Waals surface area contributed by atoms with Crippen LogP contribution in [0.4, 0.5) is 0 Å². The van der Waals surface area contributed by atoms with Gasteiger partial charge in [-0.15, -0.1) is 0 Å². The summed E-state index contributed by atoms with van der Waals surface area (Å²) < 4.78 is 0. The van der Waals surface area contributed by atoms with Gasteiger partial charge in [0.05, 0.1) is 5.56 Å². The molecule has 0 amide bonds. The largest absolute Gasteiger partial charge is 0.478 e. The summed E-state index contributed by atoms with van der Waals surface area (Å²) in [6.45, 7) is 9.39. The first kappa shape index (κ1) is 15.7. The zero-order chi connectivity index (χ0) is 14.1. The van der Waals surface area contributed by atoms with Gasteiger partial charge >= 0.3 is 5.97 Å². The molecular formula is C15H24N2O2. The Kier molecular flexibility index (Phi) is 7.15. The van der Waals surface area contributed by atoms with Gasteiger partial charge in [0.25, 0.3) is 0 Å². The fourth-order valence-electron chi connectivity index (χ4n) is 1.98. The maximum absolute atomic E-state index is 10.7. The highest BCUT2D eigenvalue weighted by Crippen LogP contribution is 2.04. The molecule has 0 atom stereocenters. The fraction of sp³-hybridized carbons (Fsp3) is 0.533. The second-order valence-electron chi connectivity index (χ2n) is 4.61. The summed E-state index contributed by atoms with van der Waals surface area (Å²) in [5, 5.41) is 12.2. The standard InChI is InChI=1S/C15H24N2O2/c1-3-10-17(4-2)11-9-16-12-13-5-7-14(8-6-13)15(18)19/h5-8,16H,3-4,9-12H2,1-2H3,(H,18,19). The number of aromatic carboxylic acids is 1. The van der Waals surface area contributed by atoms with E-state index >= 15 is 0 Å². The van der Waals surface area contributed by atoms with Crippen molar-refractivity contribution < 1.29 is 9.90 Å². The van der Waals surface area contributed by atoms with E-state index in [1.807, 2.05) is 12.1 Å². The van der Waals surface area contributed by atoms with E-state index in [2.05, 4.69) is 24.1 Å². The lowest BCUT2D eigenvalue weighted by Crippen LogP contribution is -2.32. The molecule has 19 heavy (non-hydrogen) atoms. The number of likely N-dealkylation sites (N-methyl/N-ethyl adjacent to an activating group) is 1. The van der Waals surface area contributed by atoms with Crippen LogP contribution in [0.5, 0.6) is 0 Å². The summed E-state index contributed by atoms with van der Waals surface area (Å²) in [4.78, 5) is 13.1. The van der Waals surface area contributed by atoms with E-state index in [1.54, 1.807) is 12.1 Å². The lowest BCUT2D eigenvalue weighted by Gasteiger charge is -2.19. The quantitative estimate of drug-likeness (QED) is 0.671. The van der Waals surface area contributed by atoms with E-state index in [9.17, 15) is 4.79 Å². The average Bonchev–Trinajstić information content (AvgIpc) is 2.42. The molecule has 1 rings (SSSR count). The fourth-order valence-corrected chi connectivity index (χ4v) is 1.98. The number of benzene rings is 1. The van der Waals surface area contributed by atoms with E-state index in [0.29, 0.717) is 5.56 Å². The molecule has 4 nitrogen and oxygen atoms in total. The van der Waals surface area contributed by atoms with E-state index in [0.717, 1.165) is 38.3 Å². The van der Waals surface area contributed by atoms with E-state index in [1.165, 1.54) is 6.42 Å². The minimum Gasteiger partial charge on any atom is -0.478 e. The maximum atomic E-state index is 10.7. The van der Waals surface area contributed by atoms with Crippen molar-refractivity contribution in [3.05, 3.63) is 35.4 Å². The first-order valence-electron chi connectivity index (χ1n) is 6.92. The van der Waals surface area contributed by atoms with Crippen LogP contribution < -0.4 is 5.32 Å². The Morgan fingerprint density at radius 1 is 1.21 bits per heavy atom. The third kappa shape index (κ3) is 5.85. The SMILES string of the molecule is CCCN(CC)CCNCc1ccc(C(=O)O)cc1. The molecule has 0 aliphatic heterocycles. The Morgan fingerprint density at radius 2 is 1.89 bits per heavy atom. The molecule has 0 heterocycles. The van der Waals surface area contributed by atoms with E-state index < -0.39 is 5.97 Å². The first-order chi connectivity index (χ1) is 9.17. The van der Waals surface area contributed by atoms with Crippen LogP contribution in [-0.2, 0) is 6.54 Å². The van der Waals surface area contributed by atoms with Crippen molar-refractivity contribution in [2.45, 2.75) is 26.8 Å². The topological polar surface area (TPSA) is 52.6 Å². The van der Waals surface area contributed by atoms with Crippen molar-refractivity contribution in [1.82, 2.24) is 10.2 Å². The molecular weight excluding hydrogens is 240 g/mol. The van der Waals surface area contributed by atoms with Gasteiger partial charge in [-0.25, -0.2) is 4.79 Å². The van der Waals surface area contributed by atoms with Gasteiger partial charge in [-0.2, -0.15) is 0 Å². The maximum Gasteiger partial charge on any atom is 0.335 e. The van der Waals surface area contributed by atoms with Crippen LogP contribution in [0.3, 0.4) is 0 Å². The van der Waals surface area contributed by atoms with Gasteiger partial charge in [-0.1, -0.05) is 26.0 Å². The van der Waals surface area contributed by atoms with Crippen molar-refractivity contribution in [1.29, 1.82) is 0 Å². The lowest BCUT2D eigenvalue weighted by molar-refractivity contribution is 0.0697. The Balaban J connectivity index is 2.27. The lowest BCUT2D eigenvalue weighted by atomic mass is 10.1. The summed E-state index contributed by atoms with van der Waals surface area (Å²) in [6, 6.07) is 7.02. The van der Waals surface area contributed by atoms with Crippen molar-refractivity contribution in [2.24, 2.45) is 0 Å². The first-order valence-corrected chi connectivity index (χ1v) is 6.92. The Bertz CT molecular complexity index is 376. The highest BCUT2D eigenvalue weighted by atomic mass is 16.4. The van der Waals surface area contributed by atoms with Crippen LogP contribution in [0.25, 0.3) is 0 Å². The molecule has 106 valence electrons. The monoisotopic (exact) mass is 264 g/mol. The summed E-state index contributed by atoms with van der Waals surface area (Å²) >= 11 is 0. The van der Waals surface area contributed by atoms with E-state index in [-0.39, 0.29) is 0 Å². The van der Waals surface area contributed by atoms with Crippen LogP contribution in [0.15, 0.2) is 24.3 Å². The van der Waals surface area contributed by atoms with Crippen molar-refractivity contribution >= 4 is 5.97 Å². The number of carboxylic acids is 1. The molecule has 0 radical (unpaired) electrons. The zero-order valence-corrected chi connectivity index (χ0v) is 11.9. The van der Waals surface area contributed by atoms with Crippen molar-refractivity contribution in [2.75, 3.05) is 26.2 Å². The van der Waals surface area contributed by atoms with Crippen molar-refractivity contribution in [3.63, 3.8) is 0 Å². The van der Waals surface area contributed by atoms with Gasteiger partial charge in [-0.3, -0.25) is 0 Å². The molecule has 0 aliphatic carbocycles. The number of hydrogen-bond donors (Lipinski definition) is 2. The molecule has 1 aromatic rings. The molecule has 0 aliphatic rings. The third-order valence-corrected chi connectivity index (χ3v) is 3.12. The van der Waals surface area contributed by atoms with Crippen LogP contribution in [0.2, 0.25) is 0 Å². The predicted molar refractivity (Wildman–Crippen MR) is 77.5 cm³/mol. The Labute approximate surface area is 115 Å². The molecule has 0 aromatic heterocycles. The van der Waals surface area contributed by atoms with Gasteiger partial charge in [0.15, 0.2) is 0 Å². The number of rotatable bonds is 9. The molecule has 0 spiro atoms. The molecule has 0 unspecified atom stereocenters. The summed E-state index contributed by atoms with van der Waals surface area (Å²) in [5.74, 6) is -0.877. The van der Waals surface area contributed by atoms with Crippen LogP contribution >= 0.6 is 0 Å². The Hall–Kier alpha value is -1.39. The van der Waals surface area contributed by atoms with Crippen LogP contribution in [-0.4, -0.2) is 42.2 Å². The molecule has 1 aromatic carbocycles. The minimum absolute atomic E-state index is 0.337. The number of carbonyl (C=O) groups is 1. The summed E-state index contributed by atoms with van der Waals surface area (Å²) in [6.07, 6.45) is 1.19. The molecule has 0 fully saturated rings. The van der Waals surface area contributed by atoms with Crippen LogP contribution in [0, 0.1) is 0 Å². The number of nitrogens with zero attached hydrogens (tertiary/aromatic N) is 1. The van der Waals surface area contributed by atoms with Gasteiger partial charge in [0, 0.05) is 19.6 Å². The molecule has 0 saturated carbocycles. The molecule has 4 heteroatoms. The number of carboxylic acid groups (broad SMARTS) is 1. The zero-order valence-electron chi connectivity index (χ0n) is 11.9. The minimum atomic E-state index is -0.877. The highest BCUT2D eigenvalue weighted by molar-refractivity contribution is 5.87. The second-order valence-corrected chi connectivity index (χ2v) is 4.61. The number of nitrogens with one attached hydrogen (secondary N) is 1. The summed E-state index contributed by atoms with van der Waals surface area (Å²) in [7, 11) is 0. The van der Waals surface area contributed by atoms with Gasteiger partial charge in [0.1, 0.15) is 0 Å². The molecule has 2 N–H and O–H groups in total. The van der Waals surface area contributed by atoms with Crippen LogP contribution in [0.1, 0.15) is 36.2 Å². The average molecular weight is 264 g/mol. The molecule has 0 bridgehead atoms. The second kappa shape index (κ2) is 8.67. The van der Waals surface area contributed by atoms with E-state index in [4.69, 9.17) is 5.11 Å². The Morgan fingerprint density at radius 3 is 2.42 bits per heavy atom. The van der Waals surface area contributed by atoms with Gasteiger partial charge < -0.3 is 15.3 Å². The predicted octanol–water partition coefficient (Wildman–Crippen LogP) is 2.21. The number of hydrogen-bond acceptors (Lipinski definition) is 3. The highest BCUT2D eigenvalue weighted by Gasteiger charge is 2.02. The summed E-state index contributed by atoms with van der Waals surface area (Å²) in [5.41, 5.74) is 1.45. The third-order valence-electron chi connectivity index (χ3n) is 3.12. The van der Waals surface area contributed by atoms with Gasteiger partial charge in [0.2, 0.25) is 0 Å². The van der Waals surface area contributed by atoms with Gasteiger partial charge in [-0.05, 0) is 37.2 Å². The normalized spacial score (nSPS) is 10.9.